The molecule has 6 heteroatoms. The van der Waals surface area contributed by atoms with E-state index in [0.717, 1.165) is 69.0 Å². The molecule has 0 bridgehead atoms. The highest BCUT2D eigenvalue weighted by atomic mass is 16.5. The van der Waals surface area contributed by atoms with Gasteiger partial charge in [0, 0.05) is 31.1 Å². The number of fused-ring (bicyclic) bond motifs is 1. The summed E-state index contributed by atoms with van der Waals surface area (Å²) in [5, 5.41) is 10.3. The van der Waals surface area contributed by atoms with Crippen molar-refractivity contribution in [1.29, 1.82) is 0 Å². The molecule has 206 valence electrons. The Hall–Kier alpha value is -2.28. The van der Waals surface area contributed by atoms with Crippen molar-refractivity contribution in [1.82, 2.24) is 9.88 Å². The number of likely N-dealkylation sites (tertiary alicyclic amines) is 1. The van der Waals surface area contributed by atoms with Crippen molar-refractivity contribution in [2.45, 2.75) is 108 Å². The van der Waals surface area contributed by atoms with Gasteiger partial charge in [-0.15, -0.1) is 0 Å². The lowest BCUT2D eigenvalue weighted by Crippen LogP contribution is -2.36. The first kappa shape index (κ1) is 27.3. The van der Waals surface area contributed by atoms with Gasteiger partial charge in [0.15, 0.2) is 0 Å². The van der Waals surface area contributed by atoms with Gasteiger partial charge in [0.05, 0.1) is 17.8 Å². The number of benzene rings is 1. The molecule has 2 fully saturated rings. The van der Waals surface area contributed by atoms with Crippen LogP contribution in [0.2, 0.25) is 0 Å². The summed E-state index contributed by atoms with van der Waals surface area (Å²) in [5.74, 6) is -0.800. The first-order valence-corrected chi connectivity index (χ1v) is 14.7. The number of carboxylic acids is 1. The second kappa shape index (κ2) is 12.3. The third-order valence-corrected chi connectivity index (χ3v) is 8.54. The zero-order valence-corrected chi connectivity index (χ0v) is 23.2. The number of aromatic nitrogens is 1. The second-order valence-electron chi connectivity index (χ2n) is 12.0. The van der Waals surface area contributed by atoms with Gasteiger partial charge in [0.2, 0.25) is 0 Å². The zero-order chi connectivity index (χ0) is 26.5. The predicted molar refractivity (Wildman–Crippen MR) is 148 cm³/mol. The number of hydrogen-bond donors (Lipinski definition) is 1. The van der Waals surface area contributed by atoms with Crippen LogP contribution in [-0.4, -0.2) is 52.4 Å². The maximum atomic E-state index is 12.6. The molecule has 1 aromatic heterocycles. The van der Waals surface area contributed by atoms with Crippen LogP contribution in [0.15, 0.2) is 36.4 Å². The Morgan fingerprint density at radius 3 is 2.82 bits per heavy atom. The number of pyridine rings is 1. The lowest BCUT2D eigenvalue weighted by Gasteiger charge is -2.38. The van der Waals surface area contributed by atoms with Gasteiger partial charge >= 0.3 is 5.97 Å². The van der Waals surface area contributed by atoms with Crippen LogP contribution in [0.3, 0.4) is 0 Å². The molecule has 3 heterocycles. The van der Waals surface area contributed by atoms with E-state index >= 15 is 0 Å². The molecule has 2 saturated heterocycles. The first-order chi connectivity index (χ1) is 18.4. The van der Waals surface area contributed by atoms with Gasteiger partial charge in [-0.1, -0.05) is 30.3 Å². The summed E-state index contributed by atoms with van der Waals surface area (Å²) >= 11 is 0. The summed E-state index contributed by atoms with van der Waals surface area (Å²) in [6.07, 6.45) is 11.8. The van der Waals surface area contributed by atoms with Gasteiger partial charge in [0.25, 0.3) is 0 Å². The third kappa shape index (κ3) is 6.64. The summed E-state index contributed by atoms with van der Waals surface area (Å²) in [6.45, 7) is 6.34. The van der Waals surface area contributed by atoms with E-state index in [1.807, 2.05) is 18.2 Å². The highest BCUT2D eigenvalue weighted by Gasteiger charge is 2.37. The Balaban J connectivity index is 1.13. The Labute approximate surface area is 227 Å². The number of carboxylic acid groups (broad SMARTS) is 1. The van der Waals surface area contributed by atoms with Gasteiger partial charge in [-0.25, -0.2) is 0 Å². The third-order valence-electron chi connectivity index (χ3n) is 8.54. The summed E-state index contributed by atoms with van der Waals surface area (Å²) < 4.78 is 12.6. The van der Waals surface area contributed by atoms with E-state index in [0.29, 0.717) is 13.2 Å². The van der Waals surface area contributed by atoms with E-state index in [2.05, 4.69) is 36.9 Å². The lowest BCUT2D eigenvalue weighted by atomic mass is 9.88. The minimum atomic E-state index is -0.800. The van der Waals surface area contributed by atoms with Crippen molar-refractivity contribution in [3.05, 3.63) is 64.5 Å². The van der Waals surface area contributed by atoms with E-state index in [9.17, 15) is 9.90 Å². The first-order valence-electron chi connectivity index (χ1n) is 14.7. The number of aryl methyl sites for hydroxylation is 3. The molecule has 0 spiro atoms. The van der Waals surface area contributed by atoms with Crippen LogP contribution in [0.1, 0.15) is 105 Å². The average molecular weight is 521 g/mol. The monoisotopic (exact) mass is 520 g/mol. The molecular formula is C32H44N2O4. The van der Waals surface area contributed by atoms with Crippen molar-refractivity contribution in [2.24, 2.45) is 0 Å². The highest BCUT2D eigenvalue weighted by Crippen LogP contribution is 2.40. The number of aliphatic carboxylic acids is 1. The van der Waals surface area contributed by atoms with Gasteiger partial charge in [-0.2, -0.15) is 0 Å². The van der Waals surface area contributed by atoms with E-state index in [4.69, 9.17) is 14.5 Å². The molecule has 2 aromatic rings. The molecule has 0 radical (unpaired) electrons. The number of unbranched alkanes of at least 4 members (excludes halogenated alkanes) is 1. The minimum absolute atomic E-state index is 0.0592. The maximum Gasteiger partial charge on any atom is 0.325 e. The molecule has 38 heavy (non-hydrogen) atoms. The molecule has 2 aliphatic heterocycles. The van der Waals surface area contributed by atoms with Gasteiger partial charge in [-0.3, -0.25) is 14.7 Å². The van der Waals surface area contributed by atoms with Crippen LogP contribution >= 0.6 is 0 Å². The van der Waals surface area contributed by atoms with Crippen molar-refractivity contribution in [2.75, 3.05) is 19.7 Å². The second-order valence-corrected chi connectivity index (χ2v) is 12.0. The number of nitrogens with zero attached hydrogens (tertiary/aromatic N) is 2. The van der Waals surface area contributed by atoms with Crippen LogP contribution < -0.4 is 0 Å². The molecule has 3 atom stereocenters. The van der Waals surface area contributed by atoms with Crippen LogP contribution in [-0.2, 0) is 33.5 Å². The van der Waals surface area contributed by atoms with Crippen LogP contribution in [0.5, 0.6) is 0 Å². The molecular weight excluding hydrogens is 476 g/mol. The Morgan fingerprint density at radius 2 is 1.97 bits per heavy atom. The molecule has 0 amide bonds. The molecule has 0 saturated carbocycles. The average Bonchev–Trinajstić information content (AvgIpc) is 3.36. The molecule has 5 rings (SSSR count). The van der Waals surface area contributed by atoms with Crippen molar-refractivity contribution < 1.29 is 19.4 Å². The summed E-state index contributed by atoms with van der Waals surface area (Å²) in [5.41, 5.74) is 5.65. The summed E-state index contributed by atoms with van der Waals surface area (Å²) in [4.78, 5) is 19.5. The molecule has 1 N–H and O–H groups in total. The molecule has 1 aromatic carbocycles. The van der Waals surface area contributed by atoms with Crippen LogP contribution in [0.25, 0.3) is 0 Å². The Morgan fingerprint density at radius 1 is 1.13 bits per heavy atom. The van der Waals surface area contributed by atoms with Crippen molar-refractivity contribution in [3.8, 4) is 0 Å². The lowest BCUT2D eigenvalue weighted by molar-refractivity contribution is -0.143. The molecule has 1 aliphatic carbocycles. The summed E-state index contributed by atoms with van der Waals surface area (Å²) in [7, 11) is 0. The molecule has 6 nitrogen and oxygen atoms in total. The van der Waals surface area contributed by atoms with Crippen molar-refractivity contribution in [3.63, 3.8) is 0 Å². The van der Waals surface area contributed by atoms with Crippen LogP contribution in [0, 0.1) is 0 Å². The van der Waals surface area contributed by atoms with Gasteiger partial charge in [0.1, 0.15) is 6.04 Å². The Kier molecular flexibility index (Phi) is 8.81. The summed E-state index contributed by atoms with van der Waals surface area (Å²) in [6, 6.07) is 11.8. The number of carbonyl (C=O) groups is 1. The fraction of sp³-hybridized carbons (Fsp3) is 0.625. The standard InChI is InChI=1S/C32H44N2O4/c1-32(2)19-9-15-29(38-32)26-12-4-5-13-27(26)30(31(35)36)34-20-18-25(22-34)37-21-8-7-11-24-17-16-23-10-3-6-14-28(23)33-24/h4-5,12-13,16-17,25,29-30H,3,6-11,14-15,18-22H2,1-2H3,(H,35,36)/t25-,29?,30?/m1/s1. The molecule has 3 aliphatic rings. The van der Waals surface area contributed by atoms with E-state index in [1.165, 1.54) is 36.2 Å². The normalized spacial score (nSPS) is 24.2. The molecule has 2 unspecified atom stereocenters. The number of rotatable bonds is 10. The quantitative estimate of drug-likeness (QED) is 0.375. The fourth-order valence-electron chi connectivity index (χ4n) is 6.52. The van der Waals surface area contributed by atoms with Crippen molar-refractivity contribution >= 4 is 5.97 Å². The van der Waals surface area contributed by atoms with Crippen LogP contribution in [0.4, 0.5) is 0 Å². The SMILES string of the molecule is CC1(C)CCCC(c2ccccc2C(C(=O)O)N2CC[C@@H](OCCCCc3ccc4c(n3)CCCC4)C2)O1. The Bertz CT molecular complexity index is 1100. The smallest absolute Gasteiger partial charge is 0.325 e. The van der Waals surface area contributed by atoms with E-state index in [1.54, 1.807) is 0 Å². The van der Waals surface area contributed by atoms with Gasteiger partial charge in [-0.05, 0) is 107 Å². The minimum Gasteiger partial charge on any atom is -0.480 e. The van der Waals surface area contributed by atoms with Gasteiger partial charge < -0.3 is 14.6 Å². The topological polar surface area (TPSA) is 71.9 Å². The maximum absolute atomic E-state index is 12.6. The fourth-order valence-corrected chi connectivity index (χ4v) is 6.52. The largest absolute Gasteiger partial charge is 0.480 e. The predicted octanol–water partition coefficient (Wildman–Crippen LogP) is 6.22. The van der Waals surface area contributed by atoms with E-state index in [-0.39, 0.29) is 17.8 Å². The zero-order valence-electron chi connectivity index (χ0n) is 23.2. The number of hydrogen-bond acceptors (Lipinski definition) is 5. The van der Waals surface area contributed by atoms with E-state index < -0.39 is 12.0 Å². The highest BCUT2D eigenvalue weighted by molar-refractivity contribution is 5.76. The number of ether oxygens (including phenoxy) is 2.